The normalized spacial score (nSPS) is 13.2. The van der Waals surface area contributed by atoms with Gasteiger partial charge in [0.05, 0.1) is 11.4 Å². The van der Waals surface area contributed by atoms with E-state index in [1.165, 1.54) is 18.4 Å². The molecule has 1 aliphatic rings. The lowest BCUT2D eigenvalue weighted by atomic mass is 10.1. The van der Waals surface area contributed by atoms with Gasteiger partial charge in [-0.15, -0.1) is 0 Å². The fraction of sp³-hybridized carbons (Fsp3) is 0.261. The molecule has 142 valence electrons. The molecule has 0 atom stereocenters. The number of hydrogen-bond acceptors (Lipinski definition) is 5. The van der Waals surface area contributed by atoms with Crippen molar-refractivity contribution in [1.29, 1.82) is 0 Å². The van der Waals surface area contributed by atoms with Crippen LogP contribution < -0.4 is 10.2 Å². The van der Waals surface area contributed by atoms with Crippen LogP contribution in [0.5, 0.6) is 0 Å². The van der Waals surface area contributed by atoms with E-state index in [1.807, 2.05) is 26.0 Å². The molecule has 1 saturated carbocycles. The van der Waals surface area contributed by atoms with Gasteiger partial charge < -0.3 is 5.32 Å². The lowest BCUT2D eigenvalue weighted by Crippen LogP contribution is -2.19. The third kappa shape index (κ3) is 3.88. The zero-order valence-corrected chi connectivity index (χ0v) is 16.6. The quantitative estimate of drug-likeness (QED) is 0.647. The van der Waals surface area contributed by atoms with Crippen LogP contribution in [0.15, 0.2) is 55.2 Å². The Morgan fingerprint density at radius 2 is 1.75 bits per heavy atom. The summed E-state index contributed by atoms with van der Waals surface area (Å²) >= 11 is 0. The maximum atomic E-state index is 4.77. The summed E-state index contributed by atoms with van der Waals surface area (Å²) in [4.78, 5) is 15.9. The Hall–Kier alpha value is -3.21. The maximum Gasteiger partial charge on any atom is 0.224 e. The SMILES string of the molecule is C=C(c1ccc(C)cc1)N(c1ccnc(NC2CC2)n1)c1ccc(C)nc1C. The van der Waals surface area contributed by atoms with Gasteiger partial charge in [-0.1, -0.05) is 36.4 Å². The fourth-order valence-electron chi connectivity index (χ4n) is 3.15. The van der Waals surface area contributed by atoms with Gasteiger partial charge in [0.15, 0.2) is 0 Å². The van der Waals surface area contributed by atoms with Crippen LogP contribution in [0.2, 0.25) is 0 Å². The van der Waals surface area contributed by atoms with Crippen molar-refractivity contribution in [3.8, 4) is 0 Å². The fourth-order valence-corrected chi connectivity index (χ4v) is 3.15. The van der Waals surface area contributed by atoms with E-state index < -0.39 is 0 Å². The van der Waals surface area contributed by atoms with E-state index in [0.29, 0.717) is 12.0 Å². The highest BCUT2D eigenvalue weighted by Crippen LogP contribution is 2.35. The Morgan fingerprint density at radius 3 is 2.43 bits per heavy atom. The van der Waals surface area contributed by atoms with Crippen LogP contribution in [-0.4, -0.2) is 21.0 Å². The van der Waals surface area contributed by atoms with Crippen molar-refractivity contribution in [3.63, 3.8) is 0 Å². The molecule has 1 N–H and O–H groups in total. The predicted molar refractivity (Wildman–Crippen MR) is 115 cm³/mol. The Balaban J connectivity index is 1.78. The zero-order valence-electron chi connectivity index (χ0n) is 16.6. The number of rotatable bonds is 6. The van der Waals surface area contributed by atoms with Crippen molar-refractivity contribution >= 4 is 23.2 Å². The standard InChI is InChI=1S/C23H25N5/c1-15-5-8-19(9-6-15)18(4)28(21-12-7-16(2)25-17(21)3)22-13-14-24-23(27-22)26-20-10-11-20/h5-9,12-14,20H,4,10-11H2,1-3H3,(H,24,26,27). The second-order valence-electron chi connectivity index (χ2n) is 7.36. The third-order valence-corrected chi connectivity index (χ3v) is 4.87. The Bertz CT molecular complexity index is 1010. The minimum Gasteiger partial charge on any atom is -0.351 e. The van der Waals surface area contributed by atoms with E-state index in [9.17, 15) is 0 Å². The molecular weight excluding hydrogens is 346 g/mol. The van der Waals surface area contributed by atoms with Crippen LogP contribution in [0.4, 0.5) is 17.5 Å². The van der Waals surface area contributed by atoms with Crippen LogP contribution in [0, 0.1) is 20.8 Å². The van der Waals surface area contributed by atoms with Crippen LogP contribution in [0.1, 0.15) is 35.4 Å². The number of hydrogen-bond donors (Lipinski definition) is 1. The van der Waals surface area contributed by atoms with Crippen molar-refractivity contribution in [2.24, 2.45) is 0 Å². The molecule has 1 aliphatic carbocycles. The highest BCUT2D eigenvalue weighted by molar-refractivity contribution is 5.86. The lowest BCUT2D eigenvalue weighted by Gasteiger charge is -2.27. The second kappa shape index (κ2) is 7.43. The molecule has 4 rings (SSSR count). The van der Waals surface area contributed by atoms with Gasteiger partial charge in [0.2, 0.25) is 5.95 Å². The molecule has 0 spiro atoms. The molecule has 2 heterocycles. The molecule has 1 fully saturated rings. The van der Waals surface area contributed by atoms with Crippen molar-refractivity contribution in [3.05, 3.63) is 77.8 Å². The molecule has 0 radical (unpaired) electrons. The van der Waals surface area contributed by atoms with E-state index in [2.05, 4.69) is 64.0 Å². The topological polar surface area (TPSA) is 53.9 Å². The van der Waals surface area contributed by atoms with Crippen molar-refractivity contribution in [1.82, 2.24) is 15.0 Å². The number of pyridine rings is 1. The van der Waals surface area contributed by atoms with Crippen LogP contribution >= 0.6 is 0 Å². The molecule has 0 amide bonds. The number of nitrogens with one attached hydrogen (secondary N) is 1. The molecule has 0 unspecified atom stereocenters. The predicted octanol–water partition coefficient (Wildman–Crippen LogP) is 5.18. The average molecular weight is 371 g/mol. The summed E-state index contributed by atoms with van der Waals surface area (Å²) < 4.78 is 0. The van der Waals surface area contributed by atoms with Gasteiger partial charge in [-0.05, 0) is 57.4 Å². The molecule has 5 heteroatoms. The van der Waals surface area contributed by atoms with Gasteiger partial charge in [-0.25, -0.2) is 4.98 Å². The molecule has 2 aromatic heterocycles. The van der Waals surface area contributed by atoms with E-state index >= 15 is 0 Å². The minimum absolute atomic E-state index is 0.492. The third-order valence-electron chi connectivity index (χ3n) is 4.87. The summed E-state index contributed by atoms with van der Waals surface area (Å²) in [7, 11) is 0. The highest BCUT2D eigenvalue weighted by atomic mass is 15.2. The number of aryl methyl sites for hydroxylation is 3. The number of aromatic nitrogens is 3. The monoisotopic (exact) mass is 371 g/mol. The minimum atomic E-state index is 0.492. The maximum absolute atomic E-state index is 4.77. The Labute approximate surface area is 166 Å². The largest absolute Gasteiger partial charge is 0.351 e. The van der Waals surface area contributed by atoms with Gasteiger partial charge in [0, 0.05) is 23.6 Å². The molecule has 0 bridgehead atoms. The molecule has 5 nitrogen and oxygen atoms in total. The lowest BCUT2D eigenvalue weighted by molar-refractivity contribution is 1.03. The van der Waals surface area contributed by atoms with E-state index in [4.69, 9.17) is 4.98 Å². The average Bonchev–Trinajstić information content (AvgIpc) is 3.48. The van der Waals surface area contributed by atoms with Crippen molar-refractivity contribution in [2.75, 3.05) is 10.2 Å². The molecule has 28 heavy (non-hydrogen) atoms. The van der Waals surface area contributed by atoms with E-state index in [-0.39, 0.29) is 0 Å². The summed E-state index contributed by atoms with van der Waals surface area (Å²) in [5.74, 6) is 1.43. The number of nitrogens with zero attached hydrogens (tertiary/aromatic N) is 4. The first-order valence-corrected chi connectivity index (χ1v) is 9.61. The highest BCUT2D eigenvalue weighted by Gasteiger charge is 2.23. The summed E-state index contributed by atoms with van der Waals surface area (Å²) in [5, 5.41) is 3.38. The Kier molecular flexibility index (Phi) is 4.82. The second-order valence-corrected chi connectivity index (χ2v) is 7.36. The smallest absolute Gasteiger partial charge is 0.224 e. The van der Waals surface area contributed by atoms with Crippen LogP contribution in [0.3, 0.4) is 0 Å². The van der Waals surface area contributed by atoms with Crippen molar-refractivity contribution < 1.29 is 0 Å². The van der Waals surface area contributed by atoms with E-state index in [1.54, 1.807) is 6.20 Å². The summed E-state index contributed by atoms with van der Waals surface area (Å²) in [6.45, 7) is 10.5. The van der Waals surface area contributed by atoms with Crippen molar-refractivity contribution in [2.45, 2.75) is 39.7 Å². The van der Waals surface area contributed by atoms with Gasteiger partial charge in [0.25, 0.3) is 0 Å². The molecule has 1 aromatic carbocycles. The molecule has 0 saturated heterocycles. The van der Waals surface area contributed by atoms with Gasteiger partial charge in [-0.2, -0.15) is 4.98 Å². The van der Waals surface area contributed by atoms with Gasteiger partial charge in [-0.3, -0.25) is 9.88 Å². The number of benzene rings is 1. The molecule has 3 aromatic rings. The van der Waals surface area contributed by atoms with Crippen LogP contribution in [-0.2, 0) is 0 Å². The van der Waals surface area contributed by atoms with Gasteiger partial charge >= 0.3 is 0 Å². The first-order valence-electron chi connectivity index (χ1n) is 9.61. The number of anilines is 3. The summed E-state index contributed by atoms with van der Waals surface area (Å²) in [6.07, 6.45) is 4.14. The first kappa shape index (κ1) is 18.2. The Morgan fingerprint density at radius 1 is 1.00 bits per heavy atom. The van der Waals surface area contributed by atoms with E-state index in [0.717, 1.165) is 34.2 Å². The molecular formula is C23H25N5. The molecule has 0 aliphatic heterocycles. The first-order chi connectivity index (χ1) is 13.5. The van der Waals surface area contributed by atoms with Crippen LogP contribution in [0.25, 0.3) is 5.70 Å². The summed E-state index contributed by atoms with van der Waals surface area (Å²) in [6, 6.07) is 14.9. The zero-order chi connectivity index (χ0) is 19.7. The van der Waals surface area contributed by atoms with Gasteiger partial charge in [0.1, 0.15) is 5.82 Å². The summed E-state index contributed by atoms with van der Waals surface area (Å²) in [5.41, 5.74) is 6.00.